The van der Waals surface area contributed by atoms with Crippen LogP contribution in [0.1, 0.15) is 116 Å². The third-order valence-electron chi connectivity index (χ3n) is 6.02. The van der Waals surface area contributed by atoms with Crippen molar-refractivity contribution in [3.8, 4) is 0 Å². The van der Waals surface area contributed by atoms with Gasteiger partial charge in [-0.2, -0.15) is 0 Å². The predicted octanol–water partition coefficient (Wildman–Crippen LogP) is 8.68. The monoisotopic (exact) mass is 531 g/mol. The van der Waals surface area contributed by atoms with E-state index in [4.69, 9.17) is 9.05 Å². The molecule has 35 heavy (non-hydrogen) atoms. The number of anilines is 1. The van der Waals surface area contributed by atoms with Crippen LogP contribution in [0.4, 0.5) is 5.69 Å². The maximum Gasteiger partial charge on any atom is 0.335 e. The molecule has 0 saturated heterocycles. The first-order valence-corrected chi connectivity index (χ1v) is 17.2. The van der Waals surface area contributed by atoms with Crippen molar-refractivity contribution in [2.24, 2.45) is 0 Å². The number of hydrogen-bond donors (Lipinski definition) is 1. The molecule has 0 saturated carbocycles. The summed E-state index contributed by atoms with van der Waals surface area (Å²) >= 11 is 0. The van der Waals surface area contributed by atoms with Crippen molar-refractivity contribution in [2.45, 2.75) is 117 Å². The molecule has 0 spiro atoms. The Morgan fingerprint density at radius 1 is 0.686 bits per heavy atom. The first-order valence-electron chi connectivity index (χ1n) is 13.8. The lowest BCUT2D eigenvalue weighted by molar-refractivity contribution is 0.219. The van der Waals surface area contributed by atoms with Gasteiger partial charge in [0.2, 0.25) is 10.0 Å². The third-order valence-corrected chi connectivity index (χ3v) is 9.45. The van der Waals surface area contributed by atoms with E-state index in [2.05, 4.69) is 11.6 Å². The van der Waals surface area contributed by atoms with Gasteiger partial charge in [-0.15, -0.1) is 0 Å². The molecule has 1 rings (SSSR count). The van der Waals surface area contributed by atoms with E-state index in [1.54, 1.807) is 38.1 Å². The first kappa shape index (κ1) is 32.1. The minimum atomic E-state index is -3.37. The molecule has 0 amide bonds. The molecule has 0 aliphatic rings. The van der Waals surface area contributed by atoms with Crippen LogP contribution in [0.3, 0.4) is 0 Å². The fraction of sp³-hybridized carbons (Fsp3) is 0.778. The van der Waals surface area contributed by atoms with E-state index >= 15 is 0 Å². The van der Waals surface area contributed by atoms with Crippen molar-refractivity contribution in [2.75, 3.05) is 23.7 Å². The van der Waals surface area contributed by atoms with Gasteiger partial charge in [0.1, 0.15) is 0 Å². The average Bonchev–Trinajstić information content (AvgIpc) is 2.80. The van der Waals surface area contributed by atoms with Crippen LogP contribution in [0.25, 0.3) is 0 Å². The normalized spacial score (nSPS) is 12.2. The standard InChI is InChI=1S/C27H50NO5PS/c1-4-7-8-9-10-11-12-13-14-15-16-17-18-19-24-35(30,31)28-27-22-20-26(21-23-27)25-34(29,32-5-2)33-6-3/h20-23,28H,4-19,24-25H2,1-3H3. The largest absolute Gasteiger partial charge is 0.335 e. The average molecular weight is 532 g/mol. The minimum Gasteiger partial charge on any atom is -0.309 e. The van der Waals surface area contributed by atoms with Gasteiger partial charge in [0.05, 0.1) is 25.1 Å². The van der Waals surface area contributed by atoms with Gasteiger partial charge in [-0.05, 0) is 38.0 Å². The minimum absolute atomic E-state index is 0.136. The Kier molecular flexibility index (Phi) is 17.7. The molecule has 0 aliphatic carbocycles. The number of nitrogens with one attached hydrogen (secondary N) is 1. The summed E-state index contributed by atoms with van der Waals surface area (Å²) in [6, 6.07) is 6.91. The van der Waals surface area contributed by atoms with Crippen molar-refractivity contribution in [3.63, 3.8) is 0 Å². The first-order chi connectivity index (χ1) is 16.8. The summed E-state index contributed by atoms with van der Waals surface area (Å²) < 4.78 is 50.8. The van der Waals surface area contributed by atoms with Gasteiger partial charge in [0.15, 0.2) is 0 Å². The predicted molar refractivity (Wildman–Crippen MR) is 149 cm³/mol. The van der Waals surface area contributed by atoms with Gasteiger partial charge in [-0.3, -0.25) is 9.29 Å². The van der Waals surface area contributed by atoms with Crippen LogP contribution in [0.5, 0.6) is 0 Å². The lowest BCUT2D eigenvalue weighted by Crippen LogP contribution is -2.16. The van der Waals surface area contributed by atoms with E-state index in [9.17, 15) is 13.0 Å². The Bertz CT molecular complexity index is 788. The van der Waals surface area contributed by atoms with Crippen molar-refractivity contribution >= 4 is 23.3 Å². The topological polar surface area (TPSA) is 81.7 Å². The highest BCUT2D eigenvalue weighted by atomic mass is 32.2. The van der Waals surface area contributed by atoms with Crippen molar-refractivity contribution in [3.05, 3.63) is 29.8 Å². The van der Waals surface area contributed by atoms with E-state index in [1.807, 2.05) is 0 Å². The molecule has 1 aromatic rings. The molecule has 204 valence electrons. The van der Waals surface area contributed by atoms with Gasteiger partial charge in [0, 0.05) is 5.69 Å². The summed E-state index contributed by atoms with van der Waals surface area (Å²) in [7, 11) is -6.55. The molecule has 0 fully saturated rings. The molecule has 0 aromatic heterocycles. The molecule has 0 bridgehead atoms. The number of rotatable bonds is 23. The highest BCUT2D eigenvalue weighted by Gasteiger charge is 2.24. The molecular formula is C27H50NO5PS. The quantitative estimate of drug-likeness (QED) is 0.113. The Labute approximate surface area is 215 Å². The molecule has 8 heteroatoms. The second-order valence-electron chi connectivity index (χ2n) is 9.32. The van der Waals surface area contributed by atoms with E-state index < -0.39 is 17.6 Å². The summed E-state index contributed by atoms with van der Waals surface area (Å²) in [5.41, 5.74) is 1.30. The fourth-order valence-electron chi connectivity index (χ4n) is 4.14. The van der Waals surface area contributed by atoms with Crippen molar-refractivity contribution in [1.29, 1.82) is 0 Å². The Balaban J connectivity index is 2.18. The summed E-state index contributed by atoms with van der Waals surface area (Å²) in [4.78, 5) is 0. The Morgan fingerprint density at radius 2 is 1.11 bits per heavy atom. The Hall–Kier alpha value is -0.880. The van der Waals surface area contributed by atoms with Crippen LogP contribution in [-0.2, 0) is 29.8 Å². The van der Waals surface area contributed by atoms with Crippen LogP contribution in [-0.4, -0.2) is 27.4 Å². The molecule has 0 unspecified atom stereocenters. The molecule has 1 N–H and O–H groups in total. The molecule has 0 atom stereocenters. The second kappa shape index (κ2) is 19.3. The van der Waals surface area contributed by atoms with Crippen LogP contribution >= 0.6 is 7.60 Å². The van der Waals surface area contributed by atoms with E-state index in [0.717, 1.165) is 18.4 Å². The van der Waals surface area contributed by atoms with Gasteiger partial charge in [-0.1, -0.05) is 103 Å². The highest BCUT2D eigenvalue weighted by Crippen LogP contribution is 2.51. The maximum absolute atomic E-state index is 12.7. The van der Waals surface area contributed by atoms with Crippen LogP contribution < -0.4 is 4.72 Å². The van der Waals surface area contributed by atoms with E-state index in [0.29, 0.717) is 25.3 Å². The zero-order valence-corrected chi connectivity index (χ0v) is 24.1. The van der Waals surface area contributed by atoms with Crippen LogP contribution in [0, 0.1) is 0 Å². The lowest BCUT2D eigenvalue weighted by Gasteiger charge is -2.17. The summed E-state index contributed by atoms with van der Waals surface area (Å²) in [6.07, 6.45) is 17.6. The molecular weight excluding hydrogens is 481 g/mol. The number of sulfonamides is 1. The summed E-state index contributed by atoms with van der Waals surface area (Å²) in [5, 5.41) is 0. The lowest BCUT2D eigenvalue weighted by atomic mass is 10.0. The van der Waals surface area contributed by atoms with Crippen molar-refractivity contribution in [1.82, 2.24) is 0 Å². The number of benzene rings is 1. The second-order valence-corrected chi connectivity index (χ2v) is 13.2. The zero-order chi connectivity index (χ0) is 25.8. The van der Waals surface area contributed by atoms with Crippen LogP contribution in [0.2, 0.25) is 0 Å². The van der Waals surface area contributed by atoms with Gasteiger partial charge in [0.25, 0.3) is 0 Å². The zero-order valence-electron chi connectivity index (χ0n) is 22.4. The SMILES string of the molecule is CCCCCCCCCCCCCCCCS(=O)(=O)Nc1ccc(CP(=O)(OCC)OCC)cc1. The highest BCUT2D eigenvalue weighted by molar-refractivity contribution is 7.92. The fourth-order valence-corrected chi connectivity index (χ4v) is 7.02. The number of hydrogen-bond acceptors (Lipinski definition) is 5. The molecule has 6 nitrogen and oxygen atoms in total. The van der Waals surface area contributed by atoms with E-state index in [1.165, 1.54) is 70.6 Å². The Morgan fingerprint density at radius 3 is 1.54 bits per heavy atom. The van der Waals surface area contributed by atoms with Gasteiger partial charge < -0.3 is 9.05 Å². The number of unbranched alkanes of at least 4 members (excludes halogenated alkanes) is 13. The third kappa shape index (κ3) is 16.5. The molecule has 0 radical (unpaired) electrons. The van der Waals surface area contributed by atoms with Crippen molar-refractivity contribution < 1.29 is 22.0 Å². The maximum atomic E-state index is 12.7. The summed E-state index contributed by atoms with van der Waals surface area (Å²) in [5.74, 6) is 0.136. The van der Waals surface area contributed by atoms with Gasteiger partial charge >= 0.3 is 7.60 Å². The molecule has 0 aliphatic heterocycles. The van der Waals surface area contributed by atoms with E-state index in [-0.39, 0.29) is 11.9 Å². The molecule has 0 heterocycles. The summed E-state index contributed by atoms with van der Waals surface area (Å²) in [6.45, 7) is 6.44. The molecule has 1 aromatic carbocycles. The smallest absolute Gasteiger partial charge is 0.309 e. The van der Waals surface area contributed by atoms with Crippen LogP contribution in [0.15, 0.2) is 24.3 Å². The van der Waals surface area contributed by atoms with Gasteiger partial charge in [-0.25, -0.2) is 8.42 Å².